The fourth-order valence-corrected chi connectivity index (χ4v) is 3.31. The first-order valence-corrected chi connectivity index (χ1v) is 8.46. The Morgan fingerprint density at radius 2 is 2.08 bits per heavy atom. The van der Waals surface area contributed by atoms with Crippen molar-refractivity contribution in [2.45, 2.75) is 19.4 Å². The third-order valence-electron chi connectivity index (χ3n) is 3.62. The summed E-state index contributed by atoms with van der Waals surface area (Å²) in [7, 11) is 0. The molecule has 5 nitrogen and oxygen atoms in total. The van der Waals surface area contributed by atoms with Gasteiger partial charge in [-0.25, -0.2) is 4.98 Å². The van der Waals surface area contributed by atoms with E-state index in [4.69, 9.17) is 4.42 Å². The minimum Gasteiger partial charge on any atom is -0.462 e. The molecule has 3 rings (SSSR count). The monoisotopic (exact) mass is 342 g/mol. The first-order valence-electron chi connectivity index (χ1n) is 7.64. The van der Waals surface area contributed by atoms with Crippen molar-refractivity contribution in [3.05, 3.63) is 64.9 Å². The van der Waals surface area contributed by atoms with Gasteiger partial charge in [0, 0.05) is 4.88 Å². The molecule has 24 heavy (non-hydrogen) atoms. The van der Waals surface area contributed by atoms with Crippen molar-refractivity contribution in [3.63, 3.8) is 0 Å². The Morgan fingerprint density at radius 3 is 2.75 bits per heavy atom. The highest BCUT2D eigenvalue weighted by Gasteiger charge is 2.20. The molecule has 2 heterocycles. The van der Waals surface area contributed by atoms with Crippen molar-refractivity contribution in [1.29, 1.82) is 0 Å². The standard InChI is InChI=1S/C18H18N2O3S/c1-12-16(20-18(24-12)15-8-5-9-23-15)17(22)19-14(11-21)10-13-6-3-2-4-7-13/h2-9,14,21H,10-11H2,1H3,(H,19,22). The van der Waals surface area contributed by atoms with Crippen LogP contribution in [0.15, 0.2) is 53.1 Å². The van der Waals surface area contributed by atoms with Crippen molar-refractivity contribution >= 4 is 17.2 Å². The molecule has 1 unspecified atom stereocenters. The Labute approximate surface area is 144 Å². The lowest BCUT2D eigenvalue weighted by molar-refractivity contribution is 0.0911. The zero-order valence-electron chi connectivity index (χ0n) is 13.2. The number of aryl methyl sites for hydroxylation is 1. The number of aromatic nitrogens is 1. The van der Waals surface area contributed by atoms with Crippen LogP contribution in [0.25, 0.3) is 10.8 Å². The van der Waals surface area contributed by atoms with Crippen LogP contribution in [-0.2, 0) is 6.42 Å². The highest BCUT2D eigenvalue weighted by atomic mass is 32.1. The van der Waals surface area contributed by atoms with Crippen LogP contribution in [0.1, 0.15) is 20.9 Å². The average Bonchev–Trinajstić information content (AvgIpc) is 3.24. The molecule has 2 N–H and O–H groups in total. The van der Waals surface area contributed by atoms with E-state index in [1.165, 1.54) is 11.3 Å². The van der Waals surface area contributed by atoms with Gasteiger partial charge in [-0.05, 0) is 31.0 Å². The van der Waals surface area contributed by atoms with Gasteiger partial charge >= 0.3 is 0 Å². The van der Waals surface area contributed by atoms with E-state index < -0.39 is 0 Å². The molecule has 0 fully saturated rings. The largest absolute Gasteiger partial charge is 0.462 e. The molecule has 0 saturated heterocycles. The summed E-state index contributed by atoms with van der Waals surface area (Å²) in [6.07, 6.45) is 2.14. The van der Waals surface area contributed by atoms with E-state index in [2.05, 4.69) is 10.3 Å². The van der Waals surface area contributed by atoms with Crippen LogP contribution in [-0.4, -0.2) is 28.6 Å². The van der Waals surface area contributed by atoms with Gasteiger partial charge in [0.1, 0.15) is 5.69 Å². The summed E-state index contributed by atoms with van der Waals surface area (Å²) in [4.78, 5) is 17.7. The summed E-state index contributed by atoms with van der Waals surface area (Å²) < 4.78 is 5.33. The SMILES string of the molecule is Cc1sc(-c2ccco2)nc1C(=O)NC(CO)Cc1ccccc1. The quantitative estimate of drug-likeness (QED) is 0.722. The van der Waals surface area contributed by atoms with Gasteiger partial charge in [0.2, 0.25) is 0 Å². The first-order chi connectivity index (χ1) is 11.7. The molecule has 0 aliphatic carbocycles. The molecule has 6 heteroatoms. The lowest BCUT2D eigenvalue weighted by atomic mass is 10.1. The van der Waals surface area contributed by atoms with Gasteiger partial charge in [-0.15, -0.1) is 11.3 Å². The Morgan fingerprint density at radius 1 is 1.29 bits per heavy atom. The number of benzene rings is 1. The molecule has 1 atom stereocenters. The molecule has 0 spiro atoms. The second-order valence-corrected chi connectivity index (χ2v) is 6.65. The molecule has 124 valence electrons. The number of carbonyl (C=O) groups excluding carboxylic acids is 1. The van der Waals surface area contributed by atoms with Gasteiger partial charge in [-0.3, -0.25) is 4.79 Å². The van der Waals surface area contributed by atoms with E-state index >= 15 is 0 Å². The number of furan rings is 1. The summed E-state index contributed by atoms with van der Waals surface area (Å²) >= 11 is 1.41. The predicted molar refractivity (Wildman–Crippen MR) is 93.0 cm³/mol. The van der Waals surface area contributed by atoms with Crippen molar-refractivity contribution in [2.75, 3.05) is 6.61 Å². The maximum Gasteiger partial charge on any atom is 0.271 e. The lowest BCUT2D eigenvalue weighted by Gasteiger charge is -2.16. The van der Waals surface area contributed by atoms with Crippen LogP contribution in [0.5, 0.6) is 0 Å². The summed E-state index contributed by atoms with van der Waals surface area (Å²) in [5.74, 6) is 0.363. The maximum atomic E-state index is 12.5. The van der Waals surface area contributed by atoms with Gasteiger partial charge in [-0.1, -0.05) is 30.3 Å². The number of nitrogens with zero attached hydrogens (tertiary/aromatic N) is 1. The molecular weight excluding hydrogens is 324 g/mol. The van der Waals surface area contributed by atoms with Gasteiger partial charge in [0.15, 0.2) is 10.8 Å². The van der Waals surface area contributed by atoms with Crippen LogP contribution < -0.4 is 5.32 Å². The normalized spacial score (nSPS) is 12.1. The highest BCUT2D eigenvalue weighted by Crippen LogP contribution is 2.27. The molecule has 0 bridgehead atoms. The minimum atomic E-state index is -0.354. The number of hydrogen-bond donors (Lipinski definition) is 2. The van der Waals surface area contributed by atoms with Crippen molar-refractivity contribution < 1.29 is 14.3 Å². The van der Waals surface area contributed by atoms with E-state index in [1.807, 2.05) is 43.3 Å². The lowest BCUT2D eigenvalue weighted by Crippen LogP contribution is -2.39. The van der Waals surface area contributed by atoms with E-state index in [1.54, 1.807) is 12.3 Å². The van der Waals surface area contributed by atoms with Gasteiger partial charge in [0.05, 0.1) is 18.9 Å². The Balaban J connectivity index is 1.72. The average molecular weight is 342 g/mol. The third kappa shape index (κ3) is 3.72. The molecule has 3 aromatic rings. The fourth-order valence-electron chi connectivity index (χ4n) is 2.43. The zero-order valence-corrected chi connectivity index (χ0v) is 14.0. The number of amides is 1. The van der Waals surface area contributed by atoms with Crippen LogP contribution >= 0.6 is 11.3 Å². The number of aliphatic hydroxyl groups excluding tert-OH is 1. The second-order valence-electron chi connectivity index (χ2n) is 5.44. The Hall–Kier alpha value is -2.44. The Kier molecular flexibility index (Phi) is 5.08. The van der Waals surface area contributed by atoms with Gasteiger partial charge < -0.3 is 14.8 Å². The number of aliphatic hydroxyl groups is 1. The molecule has 2 aromatic heterocycles. The van der Waals surface area contributed by atoms with Crippen molar-refractivity contribution in [3.8, 4) is 10.8 Å². The number of thiazole rings is 1. The number of rotatable bonds is 6. The van der Waals surface area contributed by atoms with E-state index in [0.29, 0.717) is 22.9 Å². The van der Waals surface area contributed by atoms with Crippen LogP contribution in [0.4, 0.5) is 0 Å². The topological polar surface area (TPSA) is 75.4 Å². The zero-order chi connectivity index (χ0) is 16.9. The molecule has 1 aromatic carbocycles. The summed E-state index contributed by atoms with van der Waals surface area (Å²) in [6, 6.07) is 13.0. The van der Waals surface area contributed by atoms with E-state index in [0.717, 1.165) is 10.4 Å². The number of carbonyl (C=O) groups is 1. The first kappa shape index (κ1) is 16.4. The molecule has 0 aliphatic rings. The minimum absolute atomic E-state index is 0.130. The summed E-state index contributed by atoms with van der Waals surface area (Å²) in [5, 5.41) is 13.1. The Bertz CT molecular complexity index is 797. The van der Waals surface area contributed by atoms with E-state index in [9.17, 15) is 9.90 Å². The van der Waals surface area contributed by atoms with Crippen LogP contribution in [0.2, 0.25) is 0 Å². The van der Waals surface area contributed by atoms with E-state index in [-0.39, 0.29) is 18.6 Å². The summed E-state index contributed by atoms with van der Waals surface area (Å²) in [5.41, 5.74) is 1.43. The predicted octanol–water partition coefficient (Wildman–Crippen LogP) is 3.04. The molecule has 0 aliphatic heterocycles. The molecule has 0 radical (unpaired) electrons. The molecule has 1 amide bonds. The molecular formula is C18H18N2O3S. The number of hydrogen-bond acceptors (Lipinski definition) is 5. The fraction of sp³-hybridized carbons (Fsp3) is 0.222. The van der Waals surface area contributed by atoms with Crippen LogP contribution in [0.3, 0.4) is 0 Å². The summed E-state index contributed by atoms with van der Waals surface area (Å²) in [6.45, 7) is 1.72. The number of nitrogens with one attached hydrogen (secondary N) is 1. The second kappa shape index (κ2) is 7.42. The van der Waals surface area contributed by atoms with Crippen molar-refractivity contribution in [1.82, 2.24) is 10.3 Å². The smallest absolute Gasteiger partial charge is 0.271 e. The third-order valence-corrected chi connectivity index (χ3v) is 4.61. The highest BCUT2D eigenvalue weighted by molar-refractivity contribution is 7.15. The van der Waals surface area contributed by atoms with Crippen molar-refractivity contribution in [2.24, 2.45) is 0 Å². The molecule has 0 saturated carbocycles. The van der Waals surface area contributed by atoms with Gasteiger partial charge in [0.25, 0.3) is 5.91 Å². The van der Waals surface area contributed by atoms with Gasteiger partial charge in [-0.2, -0.15) is 0 Å². The van der Waals surface area contributed by atoms with Crippen LogP contribution in [0, 0.1) is 6.92 Å². The maximum absolute atomic E-state index is 12.5.